The van der Waals surface area contributed by atoms with E-state index in [4.69, 9.17) is 16.3 Å². The molecule has 1 aromatic rings. The smallest absolute Gasteiger partial charge is 0.362 e. The van der Waals surface area contributed by atoms with Crippen molar-refractivity contribution >= 4 is 40.5 Å². The first-order chi connectivity index (χ1) is 9.54. The minimum Gasteiger partial charge on any atom is -0.461 e. The molecule has 20 heavy (non-hydrogen) atoms. The summed E-state index contributed by atoms with van der Waals surface area (Å²) in [5.41, 5.74) is -0.246. The zero-order valence-corrected chi connectivity index (χ0v) is 12.3. The van der Waals surface area contributed by atoms with Crippen LogP contribution < -0.4 is 4.80 Å². The molecule has 1 N–H and O–H groups in total. The maximum Gasteiger partial charge on any atom is 0.362 e. The summed E-state index contributed by atoms with van der Waals surface area (Å²) in [5, 5.41) is 14.8. The summed E-state index contributed by atoms with van der Waals surface area (Å²) in [4.78, 5) is 30.9. The topological polar surface area (TPSA) is 102 Å². The highest BCUT2D eigenvalue weighted by Gasteiger charge is 2.22. The van der Waals surface area contributed by atoms with Crippen molar-refractivity contribution in [2.45, 2.75) is 6.92 Å². The van der Waals surface area contributed by atoms with Gasteiger partial charge in [-0.15, -0.1) is 22.9 Å². The van der Waals surface area contributed by atoms with Crippen molar-refractivity contribution in [3.05, 3.63) is 15.9 Å². The Bertz CT molecular complexity index is 592. The normalized spacial score (nSPS) is 12.3. The van der Waals surface area contributed by atoms with Gasteiger partial charge in [0.1, 0.15) is 18.7 Å². The number of carbonyl (C=O) groups excluding carboxylic acids is 2. The highest BCUT2D eigenvalue weighted by atomic mass is 35.5. The first kappa shape index (κ1) is 16.2. The summed E-state index contributed by atoms with van der Waals surface area (Å²) in [6.45, 7) is 1.77. The number of ether oxygens (including phenoxy) is 1. The molecule has 0 saturated heterocycles. The SMILES string of the molecule is CCOC(=O)C(=NOC)c1csc(=NC(=O)CCl)n1O. The molecule has 1 heterocycles. The van der Waals surface area contributed by atoms with Crippen LogP contribution in [0.4, 0.5) is 0 Å². The molecule has 0 aliphatic carbocycles. The number of nitrogens with zero attached hydrogens (tertiary/aromatic N) is 3. The zero-order chi connectivity index (χ0) is 15.1. The third-order valence-corrected chi connectivity index (χ3v) is 2.96. The summed E-state index contributed by atoms with van der Waals surface area (Å²) in [5.74, 6) is -1.71. The van der Waals surface area contributed by atoms with E-state index in [0.717, 1.165) is 11.3 Å². The van der Waals surface area contributed by atoms with Gasteiger partial charge in [0.2, 0.25) is 10.5 Å². The Morgan fingerprint density at radius 2 is 2.25 bits per heavy atom. The number of oxime groups is 1. The van der Waals surface area contributed by atoms with Gasteiger partial charge in [-0.3, -0.25) is 4.79 Å². The number of aromatic nitrogens is 1. The Morgan fingerprint density at radius 1 is 1.55 bits per heavy atom. The molecule has 0 spiro atoms. The molecule has 0 aromatic carbocycles. The van der Waals surface area contributed by atoms with Crippen molar-refractivity contribution in [2.75, 3.05) is 19.6 Å². The number of amides is 1. The number of esters is 1. The number of carbonyl (C=O) groups is 2. The van der Waals surface area contributed by atoms with E-state index in [-0.39, 0.29) is 28.7 Å². The van der Waals surface area contributed by atoms with Crippen LogP contribution in [0.25, 0.3) is 0 Å². The van der Waals surface area contributed by atoms with Gasteiger partial charge in [0.05, 0.1) is 6.61 Å². The molecule has 8 nitrogen and oxygen atoms in total. The summed E-state index contributed by atoms with van der Waals surface area (Å²) in [6, 6.07) is 0. The van der Waals surface area contributed by atoms with E-state index in [1.165, 1.54) is 12.5 Å². The van der Waals surface area contributed by atoms with Crippen molar-refractivity contribution in [3.63, 3.8) is 0 Å². The van der Waals surface area contributed by atoms with Gasteiger partial charge in [-0.05, 0) is 6.92 Å². The van der Waals surface area contributed by atoms with Crippen LogP contribution in [0, 0.1) is 0 Å². The summed E-state index contributed by atoms with van der Waals surface area (Å²) < 4.78 is 5.33. The van der Waals surface area contributed by atoms with Crippen LogP contribution in [-0.2, 0) is 19.2 Å². The lowest BCUT2D eigenvalue weighted by atomic mass is 10.3. The van der Waals surface area contributed by atoms with E-state index in [2.05, 4.69) is 15.0 Å². The van der Waals surface area contributed by atoms with Gasteiger partial charge in [-0.25, -0.2) is 4.79 Å². The third kappa shape index (κ3) is 3.81. The lowest BCUT2D eigenvalue weighted by Crippen LogP contribution is -2.25. The van der Waals surface area contributed by atoms with Gasteiger partial charge in [0.25, 0.3) is 5.91 Å². The van der Waals surface area contributed by atoms with Gasteiger partial charge >= 0.3 is 5.97 Å². The summed E-state index contributed by atoms with van der Waals surface area (Å²) in [7, 11) is 1.25. The van der Waals surface area contributed by atoms with E-state index in [1.807, 2.05) is 0 Å². The Balaban J connectivity index is 3.24. The van der Waals surface area contributed by atoms with Crippen molar-refractivity contribution in [1.29, 1.82) is 0 Å². The predicted molar refractivity (Wildman–Crippen MR) is 71.0 cm³/mol. The lowest BCUT2D eigenvalue weighted by Gasteiger charge is -2.04. The van der Waals surface area contributed by atoms with E-state index >= 15 is 0 Å². The van der Waals surface area contributed by atoms with Crippen LogP contribution in [0.5, 0.6) is 0 Å². The second-order valence-corrected chi connectivity index (χ2v) is 4.30. The maximum atomic E-state index is 11.7. The Labute approximate surface area is 122 Å². The zero-order valence-electron chi connectivity index (χ0n) is 10.7. The van der Waals surface area contributed by atoms with Crippen molar-refractivity contribution in [3.8, 4) is 0 Å². The maximum absolute atomic E-state index is 11.7. The molecule has 0 saturated carbocycles. The van der Waals surface area contributed by atoms with Crippen LogP contribution in [0.15, 0.2) is 15.5 Å². The van der Waals surface area contributed by atoms with Crippen LogP contribution >= 0.6 is 22.9 Å². The number of hydrogen-bond acceptors (Lipinski definition) is 7. The van der Waals surface area contributed by atoms with Crippen LogP contribution in [-0.4, -0.2) is 47.1 Å². The van der Waals surface area contributed by atoms with E-state index in [9.17, 15) is 14.8 Å². The first-order valence-corrected chi connectivity index (χ1v) is 6.78. The Hall–Kier alpha value is -1.87. The van der Waals surface area contributed by atoms with E-state index in [0.29, 0.717) is 4.73 Å². The molecule has 0 radical (unpaired) electrons. The monoisotopic (exact) mass is 321 g/mol. The fraction of sp³-hybridized carbons (Fsp3) is 0.400. The average molecular weight is 322 g/mol. The lowest BCUT2D eigenvalue weighted by molar-refractivity contribution is -0.135. The molecule has 1 aromatic heterocycles. The van der Waals surface area contributed by atoms with Crippen LogP contribution in [0.3, 0.4) is 0 Å². The van der Waals surface area contributed by atoms with Gasteiger partial charge in [0.15, 0.2) is 0 Å². The summed E-state index contributed by atoms with van der Waals surface area (Å²) >= 11 is 6.25. The number of hydrogen-bond donors (Lipinski definition) is 1. The molecule has 1 rings (SSSR count). The van der Waals surface area contributed by atoms with Crippen LogP contribution in [0.2, 0.25) is 0 Å². The molecule has 0 aliphatic heterocycles. The second kappa shape index (κ2) is 7.65. The van der Waals surface area contributed by atoms with Gasteiger partial charge in [0, 0.05) is 5.38 Å². The van der Waals surface area contributed by atoms with E-state index in [1.54, 1.807) is 6.92 Å². The van der Waals surface area contributed by atoms with Gasteiger partial charge in [-0.2, -0.15) is 9.72 Å². The molecule has 0 atom stereocenters. The third-order valence-electron chi connectivity index (χ3n) is 1.91. The van der Waals surface area contributed by atoms with Crippen molar-refractivity contribution in [1.82, 2.24) is 4.73 Å². The number of rotatable bonds is 5. The molecule has 0 aliphatic rings. The Kier molecular flexibility index (Phi) is 6.19. The molecule has 0 unspecified atom stereocenters. The second-order valence-electron chi connectivity index (χ2n) is 3.20. The highest BCUT2D eigenvalue weighted by Crippen LogP contribution is 2.05. The standard InChI is InChI=1S/C10H12ClN3O5S/c1-3-19-9(16)8(13-18-2)6-5-20-10(14(6)17)12-7(15)4-11/h5,17H,3-4H2,1-2H3. The van der Waals surface area contributed by atoms with Crippen molar-refractivity contribution in [2.24, 2.45) is 10.1 Å². The number of thiazole rings is 1. The fourth-order valence-electron chi connectivity index (χ4n) is 1.16. The first-order valence-electron chi connectivity index (χ1n) is 5.37. The van der Waals surface area contributed by atoms with Gasteiger partial charge < -0.3 is 14.8 Å². The van der Waals surface area contributed by atoms with E-state index < -0.39 is 11.9 Å². The number of alkyl halides is 1. The average Bonchev–Trinajstić information content (AvgIpc) is 2.77. The molecule has 10 heteroatoms. The molecule has 110 valence electrons. The molecular weight excluding hydrogens is 310 g/mol. The highest BCUT2D eigenvalue weighted by molar-refractivity contribution is 7.07. The number of halogens is 1. The Morgan fingerprint density at radius 3 is 2.80 bits per heavy atom. The molecule has 1 amide bonds. The van der Waals surface area contributed by atoms with Crippen LogP contribution in [0.1, 0.15) is 12.6 Å². The quantitative estimate of drug-likeness (QED) is 0.277. The molecule has 0 bridgehead atoms. The minimum absolute atomic E-state index is 0.00331. The predicted octanol–water partition coefficient (Wildman–Crippen LogP) is 0.367. The summed E-state index contributed by atoms with van der Waals surface area (Å²) in [6.07, 6.45) is 0. The molecule has 0 fully saturated rings. The van der Waals surface area contributed by atoms with Gasteiger partial charge in [-0.1, -0.05) is 5.16 Å². The minimum atomic E-state index is -0.773. The largest absolute Gasteiger partial charge is 0.461 e. The fourth-order valence-corrected chi connectivity index (χ4v) is 2.00. The molecular formula is C10H12ClN3O5S. The van der Waals surface area contributed by atoms with Crippen molar-refractivity contribution < 1.29 is 24.4 Å².